The first-order valence-corrected chi connectivity index (χ1v) is 23.4. The van der Waals surface area contributed by atoms with Gasteiger partial charge in [-0.15, -0.1) is 0 Å². The SMILES string of the molecule is c1ccc(N(c2ccc(-c3ccc4c(c3)oc3ccccc34)cc2)c2ccc3c(c2)C2(c4ccccc4-c4ccccc42)c2ccccc2-3)c(-c2cccc3oc4cc5ccccc5cc4c23)c1. The molecule has 15 rings (SSSR count). The second-order valence-corrected chi connectivity index (χ2v) is 18.3. The van der Waals surface area contributed by atoms with Crippen LogP contribution >= 0.6 is 0 Å². The van der Waals surface area contributed by atoms with Gasteiger partial charge in [0.2, 0.25) is 0 Å². The third-order valence-electron chi connectivity index (χ3n) is 14.9. The normalized spacial score (nSPS) is 13.1. The molecule has 13 aromatic rings. The first kappa shape index (κ1) is 37.3. The van der Waals surface area contributed by atoms with Crippen LogP contribution in [0.15, 0.2) is 245 Å². The lowest BCUT2D eigenvalue weighted by atomic mass is 9.70. The number of nitrogens with zero attached hydrogens (tertiary/aromatic N) is 1. The van der Waals surface area contributed by atoms with Crippen LogP contribution in [0, 0.1) is 0 Å². The maximum absolute atomic E-state index is 6.66. The molecule has 2 aromatic heterocycles. The fourth-order valence-corrected chi connectivity index (χ4v) is 12.0. The molecule has 0 N–H and O–H groups in total. The van der Waals surface area contributed by atoms with Gasteiger partial charge < -0.3 is 13.7 Å². The Kier molecular flexibility index (Phi) is 7.71. The van der Waals surface area contributed by atoms with E-state index < -0.39 is 5.41 Å². The van der Waals surface area contributed by atoms with E-state index in [2.05, 4.69) is 229 Å². The molecule has 68 heavy (non-hydrogen) atoms. The van der Waals surface area contributed by atoms with Crippen molar-refractivity contribution < 1.29 is 8.83 Å². The Bertz CT molecular complexity index is 4160. The van der Waals surface area contributed by atoms with Crippen molar-refractivity contribution in [3.8, 4) is 44.5 Å². The Morgan fingerprint density at radius 2 is 0.824 bits per heavy atom. The zero-order valence-electron chi connectivity index (χ0n) is 36.8. The highest BCUT2D eigenvalue weighted by atomic mass is 16.3. The minimum Gasteiger partial charge on any atom is -0.456 e. The van der Waals surface area contributed by atoms with E-state index >= 15 is 0 Å². The standard InChI is InChI=1S/C65H39NO2/c1-2-15-42-37-63-54(36-41(42)14-1)64-53(21-13-27-61(64)68-63)50-19-6-11-25-59(50)66(44-31-28-40(29-32-44)43-30-34-52-51-20-7-12-26-60(51)67-62(52)38-43)45-33-35-49-48-18-5-10-24-57(48)65(58(49)39-45)55-22-8-3-16-46(55)47-17-4-9-23-56(47)65/h1-39H. The molecule has 0 fully saturated rings. The highest BCUT2D eigenvalue weighted by molar-refractivity contribution is 6.17. The largest absolute Gasteiger partial charge is 0.456 e. The topological polar surface area (TPSA) is 29.5 Å². The summed E-state index contributed by atoms with van der Waals surface area (Å²) in [7, 11) is 0. The molecule has 2 heterocycles. The Hall–Kier alpha value is -8.92. The van der Waals surface area contributed by atoms with Crippen LogP contribution in [-0.2, 0) is 5.41 Å². The van der Waals surface area contributed by atoms with E-state index in [9.17, 15) is 0 Å². The quantitative estimate of drug-likeness (QED) is 0.173. The van der Waals surface area contributed by atoms with E-state index in [1.54, 1.807) is 0 Å². The van der Waals surface area contributed by atoms with Gasteiger partial charge in [0, 0.05) is 38.5 Å². The van der Waals surface area contributed by atoms with Gasteiger partial charge >= 0.3 is 0 Å². The van der Waals surface area contributed by atoms with Crippen molar-refractivity contribution in [2.45, 2.75) is 5.41 Å². The molecule has 0 saturated carbocycles. The number of hydrogen-bond acceptors (Lipinski definition) is 3. The monoisotopic (exact) mass is 865 g/mol. The van der Waals surface area contributed by atoms with Crippen LogP contribution in [0.1, 0.15) is 22.3 Å². The molecule has 0 saturated heterocycles. The van der Waals surface area contributed by atoms with Gasteiger partial charge in [0.15, 0.2) is 0 Å². The summed E-state index contributed by atoms with van der Waals surface area (Å²) in [5.41, 5.74) is 21.1. The molecule has 316 valence electrons. The van der Waals surface area contributed by atoms with Crippen LogP contribution in [0.4, 0.5) is 17.1 Å². The van der Waals surface area contributed by atoms with Gasteiger partial charge in [0.1, 0.15) is 22.3 Å². The zero-order chi connectivity index (χ0) is 44.5. The molecule has 2 aliphatic rings. The van der Waals surface area contributed by atoms with Crippen LogP contribution in [0.5, 0.6) is 0 Å². The molecule has 0 unspecified atom stereocenters. The summed E-state index contributed by atoms with van der Waals surface area (Å²) in [5.74, 6) is 0. The molecule has 0 aliphatic heterocycles. The van der Waals surface area contributed by atoms with Crippen molar-refractivity contribution in [2.75, 3.05) is 4.90 Å². The Morgan fingerprint density at radius 1 is 0.294 bits per heavy atom. The van der Waals surface area contributed by atoms with E-state index in [1.165, 1.54) is 49.9 Å². The first-order chi connectivity index (χ1) is 33.7. The third-order valence-corrected chi connectivity index (χ3v) is 14.9. The molecule has 11 aromatic carbocycles. The summed E-state index contributed by atoms with van der Waals surface area (Å²) in [4.78, 5) is 2.46. The first-order valence-electron chi connectivity index (χ1n) is 23.4. The third kappa shape index (κ3) is 5.13. The van der Waals surface area contributed by atoms with Crippen molar-refractivity contribution in [3.05, 3.63) is 259 Å². The molecule has 0 bridgehead atoms. The van der Waals surface area contributed by atoms with Gasteiger partial charge in [0.05, 0.1) is 11.1 Å². The summed E-state index contributed by atoms with van der Waals surface area (Å²) >= 11 is 0. The van der Waals surface area contributed by atoms with Crippen molar-refractivity contribution in [1.29, 1.82) is 0 Å². The van der Waals surface area contributed by atoms with E-state index in [4.69, 9.17) is 8.83 Å². The minimum atomic E-state index is -0.483. The summed E-state index contributed by atoms with van der Waals surface area (Å²) < 4.78 is 13.0. The number of rotatable bonds is 5. The van der Waals surface area contributed by atoms with Crippen molar-refractivity contribution in [3.63, 3.8) is 0 Å². The van der Waals surface area contributed by atoms with E-state index in [-0.39, 0.29) is 0 Å². The Balaban J connectivity index is 0.962. The van der Waals surface area contributed by atoms with Crippen LogP contribution < -0.4 is 4.90 Å². The van der Waals surface area contributed by atoms with Crippen molar-refractivity contribution in [2.24, 2.45) is 0 Å². The lowest BCUT2D eigenvalue weighted by molar-refractivity contribution is 0.669. The molecule has 0 amide bonds. The fourth-order valence-electron chi connectivity index (χ4n) is 12.0. The number of benzene rings is 11. The van der Waals surface area contributed by atoms with Crippen molar-refractivity contribution in [1.82, 2.24) is 0 Å². The molecule has 3 nitrogen and oxygen atoms in total. The predicted octanol–water partition coefficient (Wildman–Crippen LogP) is 17.8. The Morgan fingerprint density at radius 3 is 1.57 bits per heavy atom. The lowest BCUT2D eigenvalue weighted by Gasteiger charge is -2.32. The number of furan rings is 2. The van der Waals surface area contributed by atoms with Gasteiger partial charge in [0.25, 0.3) is 0 Å². The predicted molar refractivity (Wildman–Crippen MR) is 280 cm³/mol. The minimum absolute atomic E-state index is 0.483. The molecular formula is C65H39NO2. The van der Waals surface area contributed by atoms with E-state index in [0.717, 1.165) is 88.6 Å². The zero-order valence-corrected chi connectivity index (χ0v) is 36.8. The molecule has 2 aliphatic carbocycles. The summed E-state index contributed by atoms with van der Waals surface area (Å²) in [5, 5.41) is 6.83. The molecule has 0 radical (unpaired) electrons. The number of para-hydroxylation sites is 2. The molecule has 1 spiro atoms. The molecule has 3 heteroatoms. The number of fused-ring (bicyclic) bond motifs is 17. The second-order valence-electron chi connectivity index (χ2n) is 18.3. The van der Waals surface area contributed by atoms with Gasteiger partial charge in [-0.05, 0) is 139 Å². The number of hydrogen-bond donors (Lipinski definition) is 0. The van der Waals surface area contributed by atoms with Gasteiger partial charge in [-0.3, -0.25) is 0 Å². The fraction of sp³-hybridized carbons (Fsp3) is 0.0154. The average molecular weight is 866 g/mol. The molecular weight excluding hydrogens is 827 g/mol. The van der Waals surface area contributed by atoms with E-state index in [1.807, 2.05) is 12.1 Å². The van der Waals surface area contributed by atoms with Crippen LogP contribution in [0.25, 0.3) is 99.2 Å². The summed E-state index contributed by atoms with van der Waals surface area (Å²) in [6.45, 7) is 0. The number of anilines is 3. The van der Waals surface area contributed by atoms with E-state index in [0.29, 0.717) is 0 Å². The highest BCUT2D eigenvalue weighted by Gasteiger charge is 2.51. The summed E-state index contributed by atoms with van der Waals surface area (Å²) in [6.07, 6.45) is 0. The van der Waals surface area contributed by atoms with Gasteiger partial charge in [-0.2, -0.15) is 0 Å². The second kappa shape index (κ2) is 14.0. The highest BCUT2D eigenvalue weighted by Crippen LogP contribution is 2.63. The van der Waals surface area contributed by atoms with Crippen molar-refractivity contribution >= 4 is 71.7 Å². The van der Waals surface area contributed by atoms with Crippen LogP contribution in [0.2, 0.25) is 0 Å². The maximum Gasteiger partial charge on any atom is 0.136 e. The van der Waals surface area contributed by atoms with Crippen LogP contribution in [0.3, 0.4) is 0 Å². The van der Waals surface area contributed by atoms with Gasteiger partial charge in [-0.25, -0.2) is 0 Å². The Labute approximate surface area is 392 Å². The molecule has 0 atom stereocenters. The maximum atomic E-state index is 6.66. The smallest absolute Gasteiger partial charge is 0.136 e. The summed E-state index contributed by atoms with van der Waals surface area (Å²) in [6, 6.07) is 86.5. The van der Waals surface area contributed by atoms with Gasteiger partial charge in [-0.1, -0.05) is 170 Å². The average Bonchev–Trinajstić information content (AvgIpc) is 4.13. The van der Waals surface area contributed by atoms with Crippen LogP contribution in [-0.4, -0.2) is 0 Å². The lowest BCUT2D eigenvalue weighted by Crippen LogP contribution is -2.26.